The first kappa shape index (κ1) is 38.2. The van der Waals surface area contributed by atoms with E-state index in [1.54, 1.807) is 0 Å². The molecule has 2 nitrogen and oxygen atoms in total. The van der Waals surface area contributed by atoms with Gasteiger partial charge in [-0.3, -0.25) is 0 Å². The van der Waals surface area contributed by atoms with Crippen LogP contribution in [0, 0.1) is 13.8 Å². The van der Waals surface area contributed by atoms with Crippen LogP contribution in [0.4, 0.5) is 34.1 Å². The average Bonchev–Trinajstić information content (AvgIpc) is 3.71. The summed E-state index contributed by atoms with van der Waals surface area (Å²) in [7, 11) is 0. The van der Waals surface area contributed by atoms with Gasteiger partial charge in [-0.25, -0.2) is 0 Å². The summed E-state index contributed by atoms with van der Waals surface area (Å²) < 4.78 is 2.61. The second-order valence-electron chi connectivity index (χ2n) is 16.4. The Kier molecular flexibility index (Phi) is 9.88. The Morgan fingerprint density at radius 3 is 1.52 bits per heavy atom. The molecule has 0 spiro atoms. The number of hydrogen-bond donors (Lipinski definition) is 0. The van der Waals surface area contributed by atoms with E-state index in [0.29, 0.717) is 0 Å². The van der Waals surface area contributed by atoms with E-state index in [0.717, 1.165) is 56.4 Å². The van der Waals surface area contributed by atoms with Gasteiger partial charge in [-0.1, -0.05) is 140 Å². The second kappa shape index (κ2) is 16.3. The lowest BCUT2D eigenvalue weighted by atomic mass is 9.92. The van der Waals surface area contributed by atoms with Gasteiger partial charge in [-0.15, -0.1) is 11.3 Å². The lowest BCUT2D eigenvalue weighted by Gasteiger charge is -2.27. The number of fused-ring (bicyclic) bond motifs is 4. The van der Waals surface area contributed by atoms with Crippen molar-refractivity contribution in [2.75, 3.05) is 9.80 Å². The fourth-order valence-electron chi connectivity index (χ4n) is 9.25. The van der Waals surface area contributed by atoms with E-state index in [1.807, 2.05) is 11.3 Å². The third-order valence-electron chi connectivity index (χ3n) is 12.0. The maximum absolute atomic E-state index is 2.39. The number of nitrogens with zero attached hydrogens (tertiary/aromatic N) is 2. The zero-order valence-electron chi connectivity index (χ0n) is 35.2. The van der Waals surface area contributed by atoms with E-state index in [2.05, 4.69) is 254 Å². The minimum atomic E-state index is 1.10. The van der Waals surface area contributed by atoms with Gasteiger partial charge >= 0.3 is 0 Å². The maximum atomic E-state index is 2.39. The number of thiophene rings is 1. The van der Waals surface area contributed by atoms with Crippen molar-refractivity contribution in [1.29, 1.82) is 0 Å². The molecule has 0 unspecified atom stereocenters. The van der Waals surface area contributed by atoms with Crippen LogP contribution in [0.2, 0.25) is 0 Å². The van der Waals surface area contributed by atoms with Crippen LogP contribution in [-0.4, -0.2) is 0 Å². The highest BCUT2D eigenvalue weighted by molar-refractivity contribution is 7.26. The van der Waals surface area contributed by atoms with E-state index < -0.39 is 0 Å². The maximum Gasteiger partial charge on any atom is 0.0540 e. The fourth-order valence-corrected chi connectivity index (χ4v) is 10.5. The van der Waals surface area contributed by atoms with Gasteiger partial charge in [-0.05, 0) is 155 Å². The van der Waals surface area contributed by atoms with E-state index in [1.165, 1.54) is 53.2 Å². The first-order chi connectivity index (χ1) is 31.0. The van der Waals surface area contributed by atoms with Crippen molar-refractivity contribution in [3.05, 3.63) is 242 Å². The third-order valence-corrected chi connectivity index (χ3v) is 13.2. The Labute approximate surface area is 373 Å². The molecule has 63 heavy (non-hydrogen) atoms. The summed E-state index contributed by atoms with van der Waals surface area (Å²) in [6.45, 7) is 4.35. The highest BCUT2D eigenvalue weighted by Crippen LogP contribution is 2.45. The molecule has 11 aromatic rings. The summed E-state index contributed by atoms with van der Waals surface area (Å²) in [6, 6.07) is 84.3. The normalized spacial score (nSPS) is 11.3. The van der Waals surface area contributed by atoms with Crippen LogP contribution in [0.1, 0.15) is 11.1 Å². The number of benzene rings is 10. The third kappa shape index (κ3) is 7.33. The standard InChI is InChI=1S/C60H44N2S/c1-41-33-42(2)35-53(34-41)61(49-21-5-3-6-22-49)51-25-13-19-44(39-51)46-36-47(38-48(37-46)55-29-16-30-57-56-28-11-12-32-59(56)63-60(55)57)45-20-14-26-52(40-45)62(50-23-7-4-8-24-50)58-31-15-18-43-17-9-10-27-54(43)58/h3-40H,1-2H3. The smallest absolute Gasteiger partial charge is 0.0540 e. The minimum Gasteiger partial charge on any atom is -0.310 e. The minimum absolute atomic E-state index is 1.10. The number of anilines is 6. The average molecular weight is 825 g/mol. The van der Waals surface area contributed by atoms with Gasteiger partial charge in [-0.2, -0.15) is 0 Å². The molecule has 0 atom stereocenters. The lowest BCUT2D eigenvalue weighted by molar-refractivity contribution is 1.25. The first-order valence-electron chi connectivity index (χ1n) is 21.6. The highest BCUT2D eigenvalue weighted by Gasteiger charge is 2.19. The molecule has 1 heterocycles. The molecule has 0 N–H and O–H groups in total. The van der Waals surface area contributed by atoms with Crippen LogP contribution < -0.4 is 9.80 Å². The molecule has 300 valence electrons. The van der Waals surface area contributed by atoms with Crippen molar-refractivity contribution in [1.82, 2.24) is 0 Å². The number of hydrogen-bond acceptors (Lipinski definition) is 3. The first-order valence-corrected chi connectivity index (χ1v) is 22.4. The fraction of sp³-hybridized carbons (Fsp3) is 0.0333. The summed E-state index contributed by atoms with van der Waals surface area (Å²) in [5.74, 6) is 0. The molecule has 1 aromatic heterocycles. The largest absolute Gasteiger partial charge is 0.310 e. The van der Waals surface area contributed by atoms with Crippen molar-refractivity contribution in [2.45, 2.75) is 13.8 Å². The Hall–Kier alpha value is -7.72. The Balaban J connectivity index is 1.11. The molecular formula is C60H44N2S. The number of para-hydroxylation sites is 2. The molecule has 10 aromatic carbocycles. The SMILES string of the molecule is Cc1cc(C)cc(N(c2ccccc2)c2cccc(-c3cc(-c4cccc(N(c5ccccc5)c5cccc6ccccc56)c4)cc(-c4cccc5c4sc4ccccc45)c3)c2)c1. The molecule has 0 bridgehead atoms. The summed E-state index contributed by atoms with van der Waals surface area (Å²) >= 11 is 1.88. The highest BCUT2D eigenvalue weighted by atomic mass is 32.1. The van der Waals surface area contributed by atoms with Crippen molar-refractivity contribution in [2.24, 2.45) is 0 Å². The van der Waals surface area contributed by atoms with E-state index in [4.69, 9.17) is 0 Å². The van der Waals surface area contributed by atoms with Gasteiger partial charge in [0.2, 0.25) is 0 Å². The number of aryl methyl sites for hydroxylation is 2. The van der Waals surface area contributed by atoms with Gasteiger partial charge in [0.05, 0.1) is 5.69 Å². The van der Waals surface area contributed by atoms with Crippen LogP contribution in [0.25, 0.3) is 64.3 Å². The molecular weight excluding hydrogens is 781 g/mol. The molecule has 0 aliphatic heterocycles. The topological polar surface area (TPSA) is 6.48 Å². The summed E-state index contributed by atoms with van der Waals surface area (Å²) in [4.78, 5) is 4.77. The monoisotopic (exact) mass is 824 g/mol. The van der Waals surface area contributed by atoms with Crippen molar-refractivity contribution in [3.8, 4) is 33.4 Å². The zero-order valence-corrected chi connectivity index (χ0v) is 36.1. The van der Waals surface area contributed by atoms with Gasteiger partial charge in [0, 0.05) is 54.0 Å². The van der Waals surface area contributed by atoms with Crippen LogP contribution in [-0.2, 0) is 0 Å². The van der Waals surface area contributed by atoms with E-state index >= 15 is 0 Å². The molecule has 3 heteroatoms. The molecule has 0 radical (unpaired) electrons. The molecule has 0 aliphatic carbocycles. The molecule has 0 saturated heterocycles. The van der Waals surface area contributed by atoms with Gasteiger partial charge in [0.1, 0.15) is 0 Å². The van der Waals surface area contributed by atoms with Crippen molar-refractivity contribution >= 4 is 76.4 Å². The van der Waals surface area contributed by atoms with Gasteiger partial charge < -0.3 is 9.80 Å². The summed E-state index contributed by atoms with van der Waals surface area (Å²) in [5, 5.41) is 5.02. The van der Waals surface area contributed by atoms with Crippen molar-refractivity contribution < 1.29 is 0 Å². The predicted octanol–water partition coefficient (Wildman–Crippen LogP) is 17.8. The van der Waals surface area contributed by atoms with E-state index in [-0.39, 0.29) is 0 Å². The van der Waals surface area contributed by atoms with Crippen LogP contribution in [0.15, 0.2) is 231 Å². The molecule has 0 saturated carbocycles. The summed E-state index contributed by atoms with van der Waals surface area (Å²) in [6.07, 6.45) is 0. The second-order valence-corrected chi connectivity index (χ2v) is 17.4. The number of rotatable bonds is 9. The molecule has 11 rings (SSSR count). The van der Waals surface area contributed by atoms with Gasteiger partial charge in [0.25, 0.3) is 0 Å². The van der Waals surface area contributed by atoms with Crippen LogP contribution in [0.5, 0.6) is 0 Å². The predicted molar refractivity (Wildman–Crippen MR) is 272 cm³/mol. The van der Waals surface area contributed by atoms with Gasteiger partial charge in [0.15, 0.2) is 0 Å². The Bertz CT molecular complexity index is 3420. The molecule has 0 fully saturated rings. The summed E-state index contributed by atoms with van der Waals surface area (Å²) in [5.41, 5.74) is 16.3. The molecule has 0 amide bonds. The molecule has 0 aliphatic rings. The van der Waals surface area contributed by atoms with Crippen LogP contribution in [0.3, 0.4) is 0 Å². The zero-order chi connectivity index (χ0) is 42.3. The van der Waals surface area contributed by atoms with Crippen molar-refractivity contribution in [3.63, 3.8) is 0 Å². The Morgan fingerprint density at radius 2 is 0.825 bits per heavy atom. The quantitative estimate of drug-likeness (QED) is 0.143. The van der Waals surface area contributed by atoms with E-state index in [9.17, 15) is 0 Å². The van der Waals surface area contributed by atoms with Crippen LogP contribution >= 0.6 is 11.3 Å². The Morgan fingerprint density at radius 1 is 0.317 bits per heavy atom. The lowest BCUT2D eigenvalue weighted by Crippen LogP contribution is -2.10.